The van der Waals surface area contributed by atoms with Gasteiger partial charge >= 0.3 is 27.5 Å². The summed E-state index contributed by atoms with van der Waals surface area (Å²) in [7, 11) is -5.98. The Hall–Kier alpha value is -2.53. The van der Waals surface area contributed by atoms with Gasteiger partial charge in [0.1, 0.15) is 0 Å². The van der Waals surface area contributed by atoms with E-state index in [1.165, 1.54) is 24.3 Å². The van der Waals surface area contributed by atoms with Gasteiger partial charge in [-0.3, -0.25) is 9.35 Å². The average Bonchev–Trinajstić information content (AvgIpc) is 2.70. The lowest BCUT2D eigenvalue weighted by atomic mass is 9.51. The molecule has 0 heterocycles. The van der Waals surface area contributed by atoms with Crippen LogP contribution in [0.25, 0.3) is 0 Å². The van der Waals surface area contributed by atoms with Crippen LogP contribution in [0.3, 0.4) is 0 Å². The molecule has 2 aromatic carbocycles. The van der Waals surface area contributed by atoms with E-state index in [1.807, 2.05) is 0 Å². The number of halogens is 5. The van der Waals surface area contributed by atoms with Crippen LogP contribution in [0, 0.1) is 5.41 Å². The van der Waals surface area contributed by atoms with Gasteiger partial charge in [-0.25, -0.2) is 0 Å². The highest BCUT2D eigenvalue weighted by Gasteiger charge is 2.71. The second kappa shape index (κ2) is 6.73. The Morgan fingerprint density at radius 1 is 0.968 bits per heavy atom. The molecule has 1 atom stereocenters. The molecule has 0 amide bonds. The predicted octanol–water partition coefficient (Wildman–Crippen LogP) is 4.24. The van der Waals surface area contributed by atoms with E-state index >= 15 is 0 Å². The van der Waals surface area contributed by atoms with E-state index in [0.717, 1.165) is 0 Å². The lowest BCUT2D eigenvalue weighted by Gasteiger charge is -2.51. The third-order valence-corrected chi connectivity index (χ3v) is 6.88. The summed E-state index contributed by atoms with van der Waals surface area (Å²) in [5.74, 6) is -4.41. The minimum Gasteiger partial charge on any atom is -0.457 e. The minimum atomic E-state index is -5.98. The van der Waals surface area contributed by atoms with Crippen LogP contribution < -0.4 is 0 Å². The molecule has 0 aliphatic heterocycles. The monoisotopic (exact) mass is 462 g/mol. The molecule has 166 valence electrons. The number of ether oxygens (including phenoxy) is 1. The number of hydrogen-bond donors (Lipinski definition) is 1. The highest BCUT2D eigenvalue weighted by atomic mass is 32.2. The van der Waals surface area contributed by atoms with Crippen molar-refractivity contribution in [1.82, 2.24) is 0 Å². The van der Waals surface area contributed by atoms with Gasteiger partial charge in [0.25, 0.3) is 0 Å². The van der Waals surface area contributed by atoms with Crippen LogP contribution in [0.4, 0.5) is 22.0 Å². The summed E-state index contributed by atoms with van der Waals surface area (Å²) in [4.78, 5) is 12.8. The van der Waals surface area contributed by atoms with Gasteiger partial charge in [0.15, 0.2) is 12.0 Å². The van der Waals surface area contributed by atoms with Crippen LogP contribution in [0.1, 0.15) is 40.5 Å². The van der Waals surface area contributed by atoms with Gasteiger partial charge in [-0.1, -0.05) is 48.5 Å². The van der Waals surface area contributed by atoms with Crippen molar-refractivity contribution in [2.75, 3.05) is 6.61 Å². The largest absolute Gasteiger partial charge is 0.457 e. The van der Waals surface area contributed by atoms with E-state index in [4.69, 9.17) is 4.55 Å². The number of benzene rings is 2. The first-order valence-corrected chi connectivity index (χ1v) is 10.5. The fourth-order valence-corrected chi connectivity index (χ4v) is 4.86. The molecule has 2 aromatic rings. The third kappa shape index (κ3) is 3.05. The lowest BCUT2D eigenvalue weighted by molar-refractivity contribution is -0.246. The number of alkyl halides is 5. The molecule has 0 aromatic heterocycles. The Morgan fingerprint density at radius 3 is 1.84 bits per heavy atom. The molecule has 0 spiro atoms. The van der Waals surface area contributed by atoms with E-state index in [9.17, 15) is 35.2 Å². The average molecular weight is 462 g/mol. The summed E-state index contributed by atoms with van der Waals surface area (Å²) in [5.41, 5.74) is -1.54. The SMILES string of the molecule is O=C(OCC(F)(F)S(=O)(=O)O)C1(C(F)(F)F)CC2c3ccccc3C1c1ccccc12. The number of hydrogen-bond acceptors (Lipinski definition) is 4. The molecule has 1 N–H and O–H groups in total. The van der Waals surface area contributed by atoms with E-state index in [1.54, 1.807) is 24.3 Å². The first-order chi connectivity index (χ1) is 14.3. The van der Waals surface area contributed by atoms with Crippen molar-refractivity contribution in [2.24, 2.45) is 5.41 Å². The standard InChI is InChI=1S/C20H15F5O5S/c21-19(22,31(27,28)29)10-30-17(26)18(20(23,24)25)9-15-11-5-1-3-7-13(11)16(18)14-8-4-2-6-12(14)15/h1-8,15-16H,9-10H2,(H,27,28,29). The Balaban J connectivity index is 1.85. The van der Waals surface area contributed by atoms with Gasteiger partial charge in [-0.15, -0.1) is 0 Å². The van der Waals surface area contributed by atoms with Crippen molar-refractivity contribution in [3.05, 3.63) is 70.8 Å². The second-order valence-electron chi connectivity index (χ2n) is 7.61. The normalized spacial score (nSPS) is 25.0. The molecular formula is C20H15F5O5S. The Labute approximate surface area is 173 Å². The Kier molecular flexibility index (Phi) is 4.71. The quantitative estimate of drug-likeness (QED) is 0.418. The van der Waals surface area contributed by atoms with E-state index in [-0.39, 0.29) is 11.1 Å². The van der Waals surface area contributed by atoms with Crippen molar-refractivity contribution in [3.8, 4) is 0 Å². The van der Waals surface area contributed by atoms with Gasteiger partial charge in [0.05, 0.1) is 0 Å². The fraction of sp³-hybridized carbons (Fsp3) is 0.350. The summed E-state index contributed by atoms with van der Waals surface area (Å²) in [6.07, 6.45) is -5.97. The van der Waals surface area contributed by atoms with Crippen LogP contribution in [0.2, 0.25) is 0 Å². The third-order valence-electron chi connectivity index (χ3n) is 6.00. The molecule has 2 bridgehead atoms. The molecule has 1 unspecified atom stereocenters. The second-order valence-corrected chi connectivity index (χ2v) is 9.15. The maximum Gasteiger partial charge on any atom is 0.405 e. The highest BCUT2D eigenvalue weighted by molar-refractivity contribution is 7.86. The number of rotatable bonds is 4. The molecule has 11 heteroatoms. The zero-order valence-corrected chi connectivity index (χ0v) is 16.4. The van der Waals surface area contributed by atoms with Crippen LogP contribution in [-0.2, 0) is 19.6 Å². The summed E-state index contributed by atoms with van der Waals surface area (Å²) < 4.78 is 105. The molecule has 5 rings (SSSR count). The molecular weight excluding hydrogens is 447 g/mol. The molecule has 0 fully saturated rings. The van der Waals surface area contributed by atoms with Gasteiger partial charge in [-0.05, 0) is 28.7 Å². The van der Waals surface area contributed by atoms with Crippen molar-refractivity contribution in [3.63, 3.8) is 0 Å². The lowest BCUT2D eigenvalue weighted by Crippen LogP contribution is -2.56. The summed E-state index contributed by atoms with van der Waals surface area (Å²) in [6, 6.07) is 12.5. The van der Waals surface area contributed by atoms with Crippen LogP contribution in [0.15, 0.2) is 48.5 Å². The smallest absolute Gasteiger partial charge is 0.405 e. The summed E-state index contributed by atoms with van der Waals surface area (Å²) in [6.45, 7) is -2.23. The minimum absolute atomic E-state index is 0.230. The van der Waals surface area contributed by atoms with Crippen molar-refractivity contribution in [2.45, 2.75) is 29.7 Å². The first kappa shape index (κ1) is 21.7. The molecule has 3 aliphatic rings. The number of esters is 1. The molecule has 0 saturated carbocycles. The topological polar surface area (TPSA) is 80.7 Å². The number of carbonyl (C=O) groups excluding carboxylic acids is 1. The van der Waals surface area contributed by atoms with Crippen LogP contribution in [0.5, 0.6) is 0 Å². The van der Waals surface area contributed by atoms with E-state index < -0.39 is 57.8 Å². The van der Waals surface area contributed by atoms with E-state index in [2.05, 4.69) is 4.74 Å². The molecule has 0 radical (unpaired) electrons. The zero-order valence-electron chi connectivity index (χ0n) is 15.6. The fourth-order valence-electron chi connectivity index (χ4n) is 4.66. The molecule has 31 heavy (non-hydrogen) atoms. The van der Waals surface area contributed by atoms with Gasteiger partial charge in [0, 0.05) is 11.8 Å². The zero-order chi connectivity index (χ0) is 22.8. The first-order valence-electron chi connectivity index (χ1n) is 9.08. The number of fused-ring (bicyclic) bond motifs is 1. The van der Waals surface area contributed by atoms with Crippen molar-refractivity contribution >= 4 is 16.1 Å². The molecule has 5 nitrogen and oxygen atoms in total. The predicted molar refractivity (Wildman–Crippen MR) is 97.1 cm³/mol. The van der Waals surface area contributed by atoms with Gasteiger partial charge < -0.3 is 4.74 Å². The van der Waals surface area contributed by atoms with Gasteiger partial charge in [0.2, 0.25) is 0 Å². The van der Waals surface area contributed by atoms with Crippen LogP contribution in [-0.4, -0.2) is 37.0 Å². The molecule has 0 saturated heterocycles. The van der Waals surface area contributed by atoms with Crippen molar-refractivity contribution in [1.29, 1.82) is 0 Å². The maximum atomic E-state index is 14.5. The summed E-state index contributed by atoms with van der Waals surface area (Å²) >= 11 is 0. The maximum absolute atomic E-state index is 14.5. The molecule has 3 aliphatic carbocycles. The van der Waals surface area contributed by atoms with Crippen molar-refractivity contribution < 1.29 is 44.5 Å². The van der Waals surface area contributed by atoms with E-state index in [0.29, 0.717) is 11.1 Å². The van der Waals surface area contributed by atoms with Crippen LogP contribution >= 0.6 is 0 Å². The highest BCUT2D eigenvalue weighted by Crippen LogP contribution is 2.66. The Bertz CT molecular complexity index is 1110. The number of carbonyl (C=O) groups is 1. The van der Waals surface area contributed by atoms with Gasteiger partial charge in [-0.2, -0.15) is 30.4 Å². The Morgan fingerprint density at radius 2 is 1.42 bits per heavy atom. The summed E-state index contributed by atoms with van der Waals surface area (Å²) in [5, 5.41) is -4.95.